The maximum Gasteiger partial charge on any atom is 0.461 e. The van der Waals surface area contributed by atoms with Gasteiger partial charge >= 0.3 is 13.1 Å². The molecule has 0 unspecified atom stereocenters. The van der Waals surface area contributed by atoms with Gasteiger partial charge in [0.25, 0.3) is 0 Å². The number of ether oxygens (including phenoxy) is 3. The second kappa shape index (κ2) is 8.64. The van der Waals surface area contributed by atoms with E-state index in [0.717, 1.165) is 55.3 Å². The van der Waals surface area contributed by atoms with Crippen LogP contribution >= 0.6 is 11.8 Å². The Kier molecular flexibility index (Phi) is 5.85. The van der Waals surface area contributed by atoms with E-state index in [1.54, 1.807) is 11.8 Å². The fourth-order valence-corrected chi connectivity index (χ4v) is 9.56. The number of esters is 1. The van der Waals surface area contributed by atoms with Crippen molar-refractivity contribution >= 4 is 24.8 Å². The summed E-state index contributed by atoms with van der Waals surface area (Å²) in [5.74, 6) is 1.84. The zero-order valence-electron chi connectivity index (χ0n) is 23.6. The summed E-state index contributed by atoms with van der Waals surface area (Å²) in [5, 5.41) is 0.380. The van der Waals surface area contributed by atoms with E-state index >= 15 is 0 Å². The van der Waals surface area contributed by atoms with Crippen LogP contribution in [0.3, 0.4) is 0 Å². The van der Waals surface area contributed by atoms with Crippen LogP contribution in [-0.4, -0.2) is 49.0 Å². The van der Waals surface area contributed by atoms with Crippen molar-refractivity contribution in [1.82, 2.24) is 0 Å². The second-order valence-corrected chi connectivity index (χ2v) is 15.3. The number of hydrogen-bond donors (Lipinski definition) is 0. The molecule has 8 heteroatoms. The van der Waals surface area contributed by atoms with E-state index in [1.165, 1.54) is 6.42 Å². The molecule has 8 rings (SSSR count). The SMILES string of the molecule is C[C@H](Sc1ccc([C@@H]2C[C@@H]2B2O[C@H]3C[C@H]4C[C@H](C4(C)C)[C@]3(C)O2)c2c1C(=O)OC(C)(C)O2)C1CCOCC1. The minimum atomic E-state index is -0.992. The molecule has 0 radical (unpaired) electrons. The first-order valence-electron chi connectivity index (χ1n) is 14.6. The smallest absolute Gasteiger partial charge is 0.452 e. The lowest BCUT2D eigenvalue weighted by atomic mass is 9.43. The van der Waals surface area contributed by atoms with Crippen molar-refractivity contribution in [2.75, 3.05) is 13.2 Å². The lowest BCUT2D eigenvalue weighted by molar-refractivity contribution is -0.199. The topological polar surface area (TPSA) is 63.2 Å². The summed E-state index contributed by atoms with van der Waals surface area (Å²) >= 11 is 1.77. The quantitative estimate of drug-likeness (QED) is 0.241. The molecule has 1 aromatic rings. The molecule has 3 aliphatic heterocycles. The van der Waals surface area contributed by atoms with Gasteiger partial charge in [0.2, 0.25) is 5.79 Å². The van der Waals surface area contributed by atoms with Gasteiger partial charge in [-0.05, 0) is 79.7 Å². The zero-order valence-corrected chi connectivity index (χ0v) is 24.4. The first kappa shape index (κ1) is 25.7. The van der Waals surface area contributed by atoms with Crippen LogP contribution in [0.15, 0.2) is 17.0 Å². The number of thioether (sulfide) groups is 1. The molecule has 2 bridgehead atoms. The van der Waals surface area contributed by atoms with E-state index in [4.69, 9.17) is 23.5 Å². The molecule has 6 fully saturated rings. The van der Waals surface area contributed by atoms with Crippen molar-refractivity contribution in [2.24, 2.45) is 23.2 Å². The number of carbonyl (C=O) groups is 1. The highest BCUT2D eigenvalue weighted by Gasteiger charge is 2.70. The first-order valence-corrected chi connectivity index (χ1v) is 15.5. The molecule has 4 saturated carbocycles. The van der Waals surface area contributed by atoms with Gasteiger partial charge in [0.1, 0.15) is 11.3 Å². The van der Waals surface area contributed by atoms with E-state index in [-0.39, 0.29) is 36.5 Å². The number of fused-ring (bicyclic) bond motifs is 1. The van der Waals surface area contributed by atoms with Crippen molar-refractivity contribution in [3.05, 3.63) is 23.3 Å². The van der Waals surface area contributed by atoms with Crippen molar-refractivity contribution in [1.29, 1.82) is 0 Å². The van der Waals surface area contributed by atoms with Gasteiger partial charge in [-0.25, -0.2) is 4.79 Å². The Morgan fingerprint density at radius 3 is 2.53 bits per heavy atom. The lowest BCUT2D eigenvalue weighted by Crippen LogP contribution is -2.65. The maximum atomic E-state index is 13.3. The molecule has 2 saturated heterocycles. The Hall–Kier alpha value is -1.22. The molecular weight excluding hydrogens is 499 g/mol. The van der Waals surface area contributed by atoms with Crippen LogP contribution < -0.4 is 4.74 Å². The van der Waals surface area contributed by atoms with Crippen LogP contribution in [0.1, 0.15) is 95.5 Å². The van der Waals surface area contributed by atoms with Crippen molar-refractivity contribution in [3.8, 4) is 5.75 Å². The first-order chi connectivity index (χ1) is 18.0. The molecule has 206 valence electrons. The number of carbonyl (C=O) groups excluding carboxylic acids is 1. The Labute approximate surface area is 231 Å². The highest BCUT2D eigenvalue weighted by atomic mass is 32.2. The average Bonchev–Trinajstić information content (AvgIpc) is 3.56. The van der Waals surface area contributed by atoms with E-state index in [1.807, 2.05) is 13.8 Å². The summed E-state index contributed by atoms with van der Waals surface area (Å²) in [5.41, 5.74) is 1.82. The molecule has 0 spiro atoms. The minimum Gasteiger partial charge on any atom is -0.452 e. The Bertz CT molecular complexity index is 1150. The number of benzene rings is 1. The zero-order chi connectivity index (χ0) is 26.6. The van der Waals surface area contributed by atoms with E-state index in [9.17, 15) is 4.79 Å². The van der Waals surface area contributed by atoms with Gasteiger partial charge in [-0.3, -0.25) is 0 Å². The van der Waals surface area contributed by atoms with Gasteiger partial charge in [0.15, 0.2) is 0 Å². The molecule has 38 heavy (non-hydrogen) atoms. The molecule has 7 aliphatic rings. The fourth-order valence-electron chi connectivity index (χ4n) is 8.25. The Morgan fingerprint density at radius 2 is 1.79 bits per heavy atom. The van der Waals surface area contributed by atoms with Gasteiger partial charge < -0.3 is 23.5 Å². The van der Waals surface area contributed by atoms with Crippen LogP contribution in [0, 0.1) is 23.2 Å². The standard InChI is InChI=1S/C30H41BO6S/c1-16(17-9-11-33-12-10-17)38-22-8-7-19(26-25(22)27(32)35-29(4,5)34-26)20-15-21(20)31-36-24-14-18-13-23(28(18,2)3)30(24,6)37-31/h7-8,16-18,20-21,23-24H,9-15H2,1-6H3/t16-,18+,20-,21-,23+,24-,30-/m0/s1. The Balaban J connectivity index is 1.14. The van der Waals surface area contributed by atoms with Crippen molar-refractivity contribution < 1.29 is 28.3 Å². The van der Waals surface area contributed by atoms with Crippen LogP contribution in [0.5, 0.6) is 5.75 Å². The third kappa shape index (κ3) is 3.91. The highest BCUT2D eigenvalue weighted by molar-refractivity contribution is 8.00. The van der Waals surface area contributed by atoms with Gasteiger partial charge in [-0.2, -0.15) is 0 Å². The van der Waals surface area contributed by atoms with E-state index < -0.39 is 5.79 Å². The van der Waals surface area contributed by atoms with Gasteiger partial charge in [-0.15, -0.1) is 11.8 Å². The van der Waals surface area contributed by atoms with Crippen LogP contribution in [0.2, 0.25) is 5.82 Å². The van der Waals surface area contributed by atoms with Crippen molar-refractivity contribution in [2.45, 2.75) is 113 Å². The molecule has 0 N–H and O–H groups in total. The summed E-state index contributed by atoms with van der Waals surface area (Å²) < 4.78 is 31.1. The largest absolute Gasteiger partial charge is 0.461 e. The predicted molar refractivity (Wildman–Crippen MR) is 147 cm³/mol. The maximum absolute atomic E-state index is 13.3. The highest BCUT2D eigenvalue weighted by Crippen LogP contribution is 2.68. The van der Waals surface area contributed by atoms with Gasteiger partial charge in [0, 0.05) is 43.0 Å². The second-order valence-electron chi connectivity index (χ2n) is 13.9. The summed E-state index contributed by atoms with van der Waals surface area (Å²) in [6, 6.07) is 4.29. The Morgan fingerprint density at radius 1 is 1.03 bits per heavy atom. The van der Waals surface area contributed by atoms with Crippen LogP contribution in [-0.2, 0) is 18.8 Å². The van der Waals surface area contributed by atoms with E-state index in [0.29, 0.717) is 33.8 Å². The monoisotopic (exact) mass is 540 g/mol. The molecule has 7 atom stereocenters. The number of rotatable bonds is 5. The number of hydrogen-bond acceptors (Lipinski definition) is 7. The summed E-state index contributed by atoms with van der Waals surface area (Å²) in [6.07, 6.45) is 5.66. The van der Waals surface area contributed by atoms with E-state index in [2.05, 4.69) is 39.8 Å². The van der Waals surface area contributed by atoms with Crippen molar-refractivity contribution in [3.63, 3.8) is 0 Å². The molecule has 1 aromatic carbocycles. The van der Waals surface area contributed by atoms with Crippen LogP contribution in [0.25, 0.3) is 0 Å². The van der Waals surface area contributed by atoms with Gasteiger partial charge in [0.05, 0.1) is 11.7 Å². The summed E-state index contributed by atoms with van der Waals surface area (Å²) in [4.78, 5) is 14.3. The fraction of sp³-hybridized carbons (Fsp3) is 0.767. The third-order valence-corrected chi connectivity index (χ3v) is 12.2. The molecule has 4 aliphatic carbocycles. The summed E-state index contributed by atoms with van der Waals surface area (Å²) in [6.45, 7) is 14.6. The molecule has 3 heterocycles. The summed E-state index contributed by atoms with van der Waals surface area (Å²) in [7, 11) is -0.188. The lowest BCUT2D eigenvalue weighted by Gasteiger charge is -2.64. The molecular formula is C30H41BO6S. The molecule has 6 nitrogen and oxygen atoms in total. The molecule has 0 amide bonds. The molecule has 0 aromatic heterocycles. The average molecular weight is 541 g/mol. The predicted octanol–water partition coefficient (Wildman–Crippen LogP) is 6.46. The third-order valence-electron chi connectivity index (χ3n) is 10.8. The van der Waals surface area contributed by atoms with Crippen LogP contribution in [0.4, 0.5) is 0 Å². The minimum absolute atomic E-state index is 0.188. The van der Waals surface area contributed by atoms with Gasteiger partial charge in [-0.1, -0.05) is 26.8 Å². The number of cyclic esters (lactones) is 1. The normalized spacial score (nSPS) is 39.4.